The number of hydrogen-bond donors (Lipinski definition) is 2. The molecular weight excluding hydrogens is 288 g/mol. The minimum atomic E-state index is -4.93. The van der Waals surface area contributed by atoms with Crippen LogP contribution in [0.25, 0.3) is 0 Å². The van der Waals surface area contributed by atoms with Gasteiger partial charge in [0.1, 0.15) is 22.6 Å². The predicted octanol–water partition coefficient (Wildman–Crippen LogP) is 0.825. The summed E-state index contributed by atoms with van der Waals surface area (Å²) in [7, 11) is -8.64. The van der Waals surface area contributed by atoms with E-state index in [0.717, 1.165) is 25.3 Å². The Bertz CT molecular complexity index is 678. The van der Waals surface area contributed by atoms with Gasteiger partial charge in [-0.3, -0.25) is 9.11 Å². The molecule has 0 saturated heterocycles. The number of benzene rings is 1. The van der Waals surface area contributed by atoms with E-state index in [1.165, 1.54) is 0 Å². The number of rotatable bonds is 4. The first-order chi connectivity index (χ1) is 8.18. The van der Waals surface area contributed by atoms with E-state index in [4.69, 9.17) is 9.11 Å². The van der Waals surface area contributed by atoms with Crippen LogP contribution >= 0.6 is 0 Å². The van der Waals surface area contributed by atoms with Gasteiger partial charge >= 0.3 is 0 Å². The molecule has 0 bridgehead atoms. The molecule has 1 aromatic rings. The molecule has 0 aliphatic carbocycles. The minimum Gasteiger partial charge on any atom is -0.383 e. The van der Waals surface area contributed by atoms with Gasteiger partial charge in [-0.15, -0.1) is 5.11 Å². The Balaban J connectivity index is 3.73. The van der Waals surface area contributed by atoms with Crippen molar-refractivity contribution in [3.8, 4) is 0 Å². The van der Waals surface area contributed by atoms with Crippen molar-refractivity contribution in [3.63, 3.8) is 0 Å². The first-order valence-corrected chi connectivity index (χ1v) is 7.08. The van der Waals surface area contributed by atoms with Crippen LogP contribution in [0.3, 0.4) is 0 Å². The molecule has 9 nitrogen and oxygen atoms in total. The highest BCUT2D eigenvalue weighted by Gasteiger charge is 2.27. The second-order valence-electron chi connectivity index (χ2n) is 2.92. The summed E-state index contributed by atoms with van der Waals surface area (Å²) >= 11 is 0. The van der Waals surface area contributed by atoms with Gasteiger partial charge in [-0.05, 0) is 12.1 Å². The molecule has 0 aromatic heterocycles. The normalized spacial score (nSPS) is 12.8. The van der Waals surface area contributed by atoms with Crippen LogP contribution in [0.4, 0.5) is 5.69 Å². The van der Waals surface area contributed by atoms with E-state index in [0.29, 0.717) is 0 Å². The highest BCUT2D eigenvalue weighted by atomic mass is 32.2. The average Bonchev–Trinajstić information content (AvgIpc) is 2.23. The fourth-order valence-corrected chi connectivity index (χ4v) is 3.05. The molecule has 0 unspecified atom stereocenters. The van der Waals surface area contributed by atoms with Crippen molar-refractivity contribution in [1.29, 1.82) is 0 Å². The zero-order valence-electron chi connectivity index (χ0n) is 8.88. The summed E-state index contributed by atoms with van der Waals surface area (Å²) in [6, 6.07) is 2.98. The van der Waals surface area contributed by atoms with Crippen LogP contribution in [0.2, 0.25) is 0 Å². The van der Waals surface area contributed by atoms with Crippen molar-refractivity contribution < 1.29 is 30.8 Å². The molecule has 18 heavy (non-hydrogen) atoms. The third-order valence-corrected chi connectivity index (χ3v) is 3.69. The summed E-state index contributed by atoms with van der Waals surface area (Å²) in [5.41, 5.74) is -0.491. The first kappa shape index (κ1) is 14.5. The van der Waals surface area contributed by atoms with E-state index in [9.17, 15) is 16.8 Å². The Morgan fingerprint density at radius 3 is 2.17 bits per heavy atom. The average molecular weight is 296 g/mol. The topological polar surface area (TPSA) is 143 Å². The molecule has 0 heterocycles. The molecule has 0 spiro atoms. The third-order valence-electron chi connectivity index (χ3n) is 1.72. The molecule has 0 amide bonds. The lowest BCUT2D eigenvalue weighted by Gasteiger charge is -2.06. The molecule has 0 aliphatic heterocycles. The van der Waals surface area contributed by atoms with Gasteiger partial charge in [0.05, 0.1) is 0 Å². The molecule has 100 valence electrons. The highest BCUT2D eigenvalue weighted by molar-refractivity contribution is 7.89. The van der Waals surface area contributed by atoms with Gasteiger partial charge in [0, 0.05) is 5.28 Å². The molecule has 2 N–H and O–H groups in total. The Labute approximate surface area is 103 Å². The van der Waals surface area contributed by atoms with Crippen LogP contribution in [0.5, 0.6) is 0 Å². The maximum Gasteiger partial charge on any atom is 0.298 e. The van der Waals surface area contributed by atoms with Crippen molar-refractivity contribution in [2.24, 2.45) is 10.4 Å². The van der Waals surface area contributed by atoms with E-state index in [1.807, 2.05) is 0 Å². The van der Waals surface area contributed by atoms with Crippen molar-refractivity contribution in [2.75, 3.05) is 7.11 Å². The zero-order valence-corrected chi connectivity index (χ0v) is 10.5. The Kier molecular flexibility index (Phi) is 4.01. The Hall–Kier alpha value is -1.56. The summed E-state index contributed by atoms with van der Waals surface area (Å²) in [5.74, 6) is 0. The van der Waals surface area contributed by atoms with Crippen molar-refractivity contribution in [3.05, 3.63) is 18.2 Å². The van der Waals surface area contributed by atoms with Gasteiger partial charge in [0.15, 0.2) is 0 Å². The molecular formula is C7H8N2O7S2. The standard InChI is InChI=1S/C7H8N2O7S2/c1-16-9-8-5-3-2-4-6(17(10,11)12)7(5)18(13,14)15/h2-4H,1H3,(H,10,11,12)(H,13,14,15). The van der Waals surface area contributed by atoms with Gasteiger partial charge in [-0.1, -0.05) is 6.07 Å². The second kappa shape index (κ2) is 4.97. The van der Waals surface area contributed by atoms with Gasteiger partial charge in [0.25, 0.3) is 20.2 Å². The summed E-state index contributed by atoms with van der Waals surface area (Å²) < 4.78 is 62.1. The van der Waals surface area contributed by atoms with Crippen molar-refractivity contribution in [1.82, 2.24) is 0 Å². The number of hydrogen-bond acceptors (Lipinski definition) is 7. The summed E-state index contributed by atoms with van der Waals surface area (Å²) in [6.07, 6.45) is 0. The van der Waals surface area contributed by atoms with Gasteiger partial charge in [-0.2, -0.15) is 16.8 Å². The van der Waals surface area contributed by atoms with Crippen molar-refractivity contribution in [2.45, 2.75) is 9.79 Å². The molecule has 1 rings (SSSR count). The largest absolute Gasteiger partial charge is 0.383 e. The quantitative estimate of drug-likeness (QED) is 0.475. The lowest BCUT2D eigenvalue weighted by molar-refractivity contribution is 0.190. The first-order valence-electron chi connectivity index (χ1n) is 4.20. The molecule has 0 radical (unpaired) electrons. The molecule has 11 heteroatoms. The van der Waals surface area contributed by atoms with E-state index >= 15 is 0 Å². The minimum absolute atomic E-state index is 0.491. The van der Waals surface area contributed by atoms with E-state index in [-0.39, 0.29) is 0 Å². The summed E-state index contributed by atoms with van der Waals surface area (Å²) in [4.78, 5) is 2.13. The van der Waals surface area contributed by atoms with Gasteiger partial charge in [0.2, 0.25) is 0 Å². The number of nitrogens with zero attached hydrogens (tertiary/aromatic N) is 2. The van der Waals surface area contributed by atoms with Crippen LogP contribution in [-0.4, -0.2) is 33.1 Å². The molecule has 0 aliphatic rings. The maximum atomic E-state index is 11.1. The van der Waals surface area contributed by atoms with Crippen molar-refractivity contribution >= 4 is 25.9 Å². The Morgan fingerprint density at radius 2 is 1.72 bits per heavy atom. The highest BCUT2D eigenvalue weighted by Crippen LogP contribution is 2.30. The second-order valence-corrected chi connectivity index (χ2v) is 5.67. The van der Waals surface area contributed by atoms with Gasteiger partial charge < -0.3 is 4.84 Å². The summed E-state index contributed by atoms with van der Waals surface area (Å²) in [6.45, 7) is 0. The van der Waals surface area contributed by atoms with Gasteiger partial charge in [-0.25, -0.2) is 0 Å². The smallest absolute Gasteiger partial charge is 0.298 e. The van der Waals surface area contributed by atoms with Crippen LogP contribution < -0.4 is 0 Å². The van der Waals surface area contributed by atoms with Crippen LogP contribution in [0.15, 0.2) is 38.4 Å². The summed E-state index contributed by atoms with van der Waals surface area (Å²) in [5, 5.41) is 6.27. The lowest BCUT2D eigenvalue weighted by atomic mass is 10.3. The molecule has 0 saturated carbocycles. The third kappa shape index (κ3) is 3.22. The van der Waals surface area contributed by atoms with Crippen LogP contribution in [0, 0.1) is 0 Å². The lowest BCUT2D eigenvalue weighted by Crippen LogP contribution is -2.08. The van der Waals surface area contributed by atoms with E-state index in [2.05, 4.69) is 15.2 Å². The fourth-order valence-electron chi connectivity index (χ4n) is 1.13. The molecule has 1 aromatic carbocycles. The van der Waals surface area contributed by atoms with Crippen LogP contribution in [0.1, 0.15) is 0 Å². The predicted molar refractivity (Wildman–Crippen MR) is 57.6 cm³/mol. The Morgan fingerprint density at radius 1 is 1.11 bits per heavy atom. The van der Waals surface area contributed by atoms with Crippen LogP contribution in [-0.2, 0) is 25.1 Å². The monoisotopic (exact) mass is 296 g/mol. The maximum absolute atomic E-state index is 11.1. The van der Waals surface area contributed by atoms with E-state index in [1.54, 1.807) is 0 Å². The zero-order chi connectivity index (χ0) is 14.0. The molecule has 0 fully saturated rings. The SMILES string of the molecule is CON=Nc1cccc(S(=O)(=O)O)c1S(=O)(=O)O. The van der Waals surface area contributed by atoms with E-state index < -0.39 is 35.7 Å². The fraction of sp³-hybridized carbons (Fsp3) is 0.143. The molecule has 0 atom stereocenters.